The molecular weight excluding hydrogens is 158 g/mol. The number of nitrogens with zero attached hydrogens (tertiary/aromatic N) is 4. The molecule has 6 heteroatoms. The van der Waals surface area contributed by atoms with E-state index in [1.54, 1.807) is 20.9 Å². The topological polar surface area (TPSA) is 89.9 Å². The third-order valence-corrected chi connectivity index (χ3v) is 1.69. The van der Waals surface area contributed by atoms with Crippen molar-refractivity contribution in [1.29, 1.82) is 0 Å². The lowest BCUT2D eigenvalue weighted by Crippen LogP contribution is -2.36. The highest BCUT2D eigenvalue weighted by Crippen LogP contribution is 2.19. The highest BCUT2D eigenvalue weighted by Gasteiger charge is 2.28. The number of aliphatic hydroxyl groups is 1. The molecule has 0 spiro atoms. The van der Waals surface area contributed by atoms with Crippen molar-refractivity contribution in [3.8, 4) is 0 Å². The van der Waals surface area contributed by atoms with Gasteiger partial charge < -0.3 is 10.8 Å². The quantitative estimate of drug-likeness (QED) is 0.594. The van der Waals surface area contributed by atoms with E-state index in [-0.39, 0.29) is 0 Å². The minimum absolute atomic E-state index is 0.475. The van der Waals surface area contributed by atoms with E-state index in [0.29, 0.717) is 5.82 Å². The predicted octanol–water partition coefficient (Wildman–Crippen LogP) is -1.02. The number of tetrazole rings is 1. The van der Waals surface area contributed by atoms with Gasteiger partial charge in [-0.05, 0) is 24.3 Å². The average molecular weight is 171 g/mol. The van der Waals surface area contributed by atoms with Crippen molar-refractivity contribution in [1.82, 2.24) is 20.2 Å². The van der Waals surface area contributed by atoms with Crippen LogP contribution >= 0.6 is 0 Å². The summed E-state index contributed by atoms with van der Waals surface area (Å²) in [4.78, 5) is 0. The third kappa shape index (κ3) is 1.59. The van der Waals surface area contributed by atoms with Crippen molar-refractivity contribution in [2.75, 3.05) is 0 Å². The Morgan fingerprint density at radius 1 is 1.58 bits per heavy atom. The summed E-state index contributed by atoms with van der Waals surface area (Å²) in [6.45, 7) is 3.23. The molecule has 0 aliphatic carbocycles. The van der Waals surface area contributed by atoms with E-state index in [0.717, 1.165) is 0 Å². The zero-order chi connectivity index (χ0) is 9.35. The minimum Gasteiger partial charge on any atom is -0.388 e. The van der Waals surface area contributed by atoms with Crippen LogP contribution in [0, 0.1) is 0 Å². The Bertz CT molecular complexity index is 263. The van der Waals surface area contributed by atoms with Gasteiger partial charge in [0.25, 0.3) is 0 Å². The maximum absolute atomic E-state index is 9.55. The Morgan fingerprint density at radius 2 is 2.17 bits per heavy atom. The highest BCUT2D eigenvalue weighted by atomic mass is 16.3. The Labute approximate surface area is 70.4 Å². The number of aryl methyl sites for hydroxylation is 1. The first-order chi connectivity index (χ1) is 5.43. The molecule has 0 aromatic carbocycles. The zero-order valence-electron chi connectivity index (χ0n) is 7.39. The Morgan fingerprint density at radius 3 is 2.50 bits per heavy atom. The second kappa shape index (κ2) is 2.80. The van der Waals surface area contributed by atoms with Crippen LogP contribution in [0.15, 0.2) is 0 Å². The molecule has 0 saturated carbocycles. The van der Waals surface area contributed by atoms with Gasteiger partial charge in [-0.2, -0.15) is 0 Å². The highest BCUT2D eigenvalue weighted by molar-refractivity contribution is 4.97. The van der Waals surface area contributed by atoms with Crippen molar-refractivity contribution < 1.29 is 5.11 Å². The van der Waals surface area contributed by atoms with Gasteiger partial charge >= 0.3 is 0 Å². The molecule has 68 valence electrons. The van der Waals surface area contributed by atoms with Crippen LogP contribution < -0.4 is 5.73 Å². The largest absolute Gasteiger partial charge is 0.388 e. The Kier molecular flexibility index (Phi) is 2.12. The molecule has 12 heavy (non-hydrogen) atoms. The molecule has 0 amide bonds. The van der Waals surface area contributed by atoms with Gasteiger partial charge in [-0.15, -0.1) is 5.10 Å². The number of hydrogen-bond donors (Lipinski definition) is 2. The van der Waals surface area contributed by atoms with E-state index in [4.69, 9.17) is 5.73 Å². The molecule has 0 fully saturated rings. The number of rotatable bonds is 2. The zero-order valence-corrected chi connectivity index (χ0v) is 7.39. The number of aromatic nitrogens is 4. The first kappa shape index (κ1) is 9.08. The summed E-state index contributed by atoms with van der Waals surface area (Å²) < 4.78 is 1.45. The van der Waals surface area contributed by atoms with Crippen molar-refractivity contribution in [3.63, 3.8) is 0 Å². The van der Waals surface area contributed by atoms with Crippen molar-refractivity contribution in [2.45, 2.75) is 25.5 Å². The van der Waals surface area contributed by atoms with Gasteiger partial charge in [0, 0.05) is 7.05 Å². The molecule has 0 saturated heterocycles. The van der Waals surface area contributed by atoms with Crippen LogP contribution in [0.5, 0.6) is 0 Å². The van der Waals surface area contributed by atoms with Gasteiger partial charge in [-0.1, -0.05) is 0 Å². The lowest BCUT2D eigenvalue weighted by molar-refractivity contribution is 0.0475. The monoisotopic (exact) mass is 171 g/mol. The van der Waals surface area contributed by atoms with Crippen LogP contribution in [0.1, 0.15) is 25.7 Å². The first-order valence-corrected chi connectivity index (χ1v) is 3.63. The maximum Gasteiger partial charge on any atom is 0.170 e. The molecule has 3 N–H and O–H groups in total. The molecule has 0 aliphatic heterocycles. The van der Waals surface area contributed by atoms with Gasteiger partial charge in [-0.3, -0.25) is 0 Å². The van der Waals surface area contributed by atoms with E-state index >= 15 is 0 Å². The normalized spacial score (nSPS) is 14.8. The molecule has 1 aromatic rings. The van der Waals surface area contributed by atoms with E-state index in [2.05, 4.69) is 15.5 Å². The molecular formula is C6H13N5O. The fourth-order valence-corrected chi connectivity index (χ4v) is 0.816. The fourth-order valence-electron chi connectivity index (χ4n) is 0.816. The van der Waals surface area contributed by atoms with Gasteiger partial charge in [0.1, 0.15) is 0 Å². The van der Waals surface area contributed by atoms with Gasteiger partial charge in [0.2, 0.25) is 0 Å². The van der Waals surface area contributed by atoms with E-state index in [1.165, 1.54) is 4.68 Å². The van der Waals surface area contributed by atoms with E-state index < -0.39 is 11.6 Å². The summed E-state index contributed by atoms with van der Waals surface area (Å²) in [5.74, 6) is 0.475. The average Bonchev–Trinajstić information content (AvgIpc) is 2.31. The summed E-state index contributed by atoms with van der Waals surface area (Å²) in [6, 6.07) is -0.572. The van der Waals surface area contributed by atoms with Gasteiger partial charge in [0.05, 0.1) is 11.6 Å². The van der Waals surface area contributed by atoms with Crippen LogP contribution in [0.25, 0.3) is 0 Å². The molecule has 6 nitrogen and oxygen atoms in total. The smallest absolute Gasteiger partial charge is 0.170 e. The van der Waals surface area contributed by atoms with Crippen molar-refractivity contribution in [2.24, 2.45) is 12.8 Å². The minimum atomic E-state index is -1.01. The standard InChI is InChI=1S/C6H13N5O/c1-6(2,12)4(7)5-8-9-10-11(5)3/h4,12H,7H2,1-3H3. The number of nitrogens with two attached hydrogens (primary N) is 1. The van der Waals surface area contributed by atoms with Crippen molar-refractivity contribution >= 4 is 0 Å². The summed E-state index contributed by atoms with van der Waals surface area (Å²) in [7, 11) is 1.68. The molecule has 0 aliphatic rings. The molecule has 1 rings (SSSR count). The lowest BCUT2D eigenvalue weighted by Gasteiger charge is -2.23. The first-order valence-electron chi connectivity index (χ1n) is 3.63. The number of hydrogen-bond acceptors (Lipinski definition) is 5. The molecule has 0 bridgehead atoms. The molecule has 1 heterocycles. The van der Waals surface area contributed by atoms with Crippen molar-refractivity contribution in [3.05, 3.63) is 5.82 Å². The SMILES string of the molecule is Cn1nnnc1C(N)C(C)(C)O. The summed E-state index contributed by atoms with van der Waals surface area (Å²) in [5, 5.41) is 20.3. The predicted molar refractivity (Wildman–Crippen MR) is 42.0 cm³/mol. The molecule has 1 unspecified atom stereocenters. The second-order valence-corrected chi connectivity index (χ2v) is 3.29. The Hall–Kier alpha value is -1.01. The molecule has 0 radical (unpaired) electrons. The third-order valence-electron chi connectivity index (χ3n) is 1.69. The summed E-state index contributed by atoms with van der Waals surface area (Å²) in [5.41, 5.74) is 4.69. The molecule has 1 aromatic heterocycles. The second-order valence-electron chi connectivity index (χ2n) is 3.29. The summed E-state index contributed by atoms with van der Waals surface area (Å²) in [6.07, 6.45) is 0. The maximum atomic E-state index is 9.55. The Balaban J connectivity index is 2.92. The van der Waals surface area contributed by atoms with Gasteiger partial charge in [-0.25, -0.2) is 4.68 Å². The van der Waals surface area contributed by atoms with Crippen LogP contribution in [-0.2, 0) is 7.05 Å². The van der Waals surface area contributed by atoms with Crippen LogP contribution in [0.3, 0.4) is 0 Å². The van der Waals surface area contributed by atoms with Gasteiger partial charge in [0.15, 0.2) is 5.82 Å². The summed E-state index contributed by atoms with van der Waals surface area (Å²) >= 11 is 0. The van der Waals surface area contributed by atoms with E-state index in [1.807, 2.05) is 0 Å². The van der Waals surface area contributed by atoms with Crippen LogP contribution in [0.4, 0.5) is 0 Å². The van der Waals surface area contributed by atoms with E-state index in [9.17, 15) is 5.11 Å². The fraction of sp³-hybridized carbons (Fsp3) is 0.833. The van der Waals surface area contributed by atoms with Crippen LogP contribution in [0.2, 0.25) is 0 Å². The lowest BCUT2D eigenvalue weighted by atomic mass is 9.99. The van der Waals surface area contributed by atoms with Crippen LogP contribution in [-0.4, -0.2) is 30.9 Å². The molecule has 1 atom stereocenters.